The van der Waals surface area contributed by atoms with Gasteiger partial charge in [0.2, 0.25) is 21.8 Å². The second-order valence-corrected chi connectivity index (χ2v) is 9.89. The smallest absolute Gasteiger partial charge is 0.257 e. The lowest BCUT2D eigenvalue weighted by Gasteiger charge is -2.40. The molecule has 3 heterocycles. The van der Waals surface area contributed by atoms with Crippen molar-refractivity contribution >= 4 is 27.7 Å². The van der Waals surface area contributed by atoms with E-state index in [2.05, 4.69) is 20.6 Å². The Morgan fingerprint density at radius 3 is 2.50 bits per heavy atom. The number of hydrogen-bond donors (Lipinski definition) is 2. The first kappa shape index (κ1) is 23.7. The summed E-state index contributed by atoms with van der Waals surface area (Å²) in [5.74, 6) is -2.10. The number of carbonyl (C=O) groups excluding carboxylic acids is 3. The molecule has 1 aromatic carbocycles. The van der Waals surface area contributed by atoms with Gasteiger partial charge in [0.15, 0.2) is 0 Å². The summed E-state index contributed by atoms with van der Waals surface area (Å²) in [5, 5.41) is 5.32. The topological polar surface area (TPSA) is 142 Å². The molecule has 2 aliphatic rings. The van der Waals surface area contributed by atoms with E-state index in [1.165, 1.54) is 23.6 Å². The number of piperazine rings is 1. The molecule has 0 saturated carbocycles. The van der Waals surface area contributed by atoms with Crippen LogP contribution in [-0.4, -0.2) is 83.6 Å². The summed E-state index contributed by atoms with van der Waals surface area (Å²) in [4.78, 5) is 47.2. The molecule has 0 aliphatic carbocycles. The lowest BCUT2D eigenvalue weighted by Crippen LogP contribution is -2.63. The minimum atomic E-state index is -4.06. The highest BCUT2D eigenvalue weighted by Crippen LogP contribution is 2.22. The molecule has 0 bridgehead atoms. The number of nitrogens with zero attached hydrogens (tertiary/aromatic N) is 4. The van der Waals surface area contributed by atoms with Crippen LogP contribution in [0.15, 0.2) is 47.9 Å². The van der Waals surface area contributed by atoms with E-state index in [0.717, 1.165) is 28.6 Å². The zero-order valence-electron chi connectivity index (χ0n) is 18.1. The Kier molecular flexibility index (Phi) is 6.84. The van der Waals surface area contributed by atoms with Crippen LogP contribution >= 0.6 is 0 Å². The zero-order valence-corrected chi connectivity index (χ0v) is 18.9. The summed E-state index contributed by atoms with van der Waals surface area (Å²) < 4.78 is 40.7. The number of hydrogen-bond acceptors (Lipinski definition) is 7. The fraction of sp³-hybridized carbons (Fsp3) is 0.381. The summed E-state index contributed by atoms with van der Waals surface area (Å²) in [6.07, 6.45) is 4.98. The van der Waals surface area contributed by atoms with Crippen molar-refractivity contribution in [3.05, 3.63) is 54.4 Å². The third kappa shape index (κ3) is 4.89. The molecule has 2 atom stereocenters. The molecule has 2 aromatic rings. The third-order valence-electron chi connectivity index (χ3n) is 5.77. The molecule has 0 unspecified atom stereocenters. The molecule has 13 heteroatoms. The van der Waals surface area contributed by atoms with E-state index < -0.39 is 39.7 Å². The summed E-state index contributed by atoms with van der Waals surface area (Å²) in [6, 6.07) is 2.38. The summed E-state index contributed by atoms with van der Waals surface area (Å²) >= 11 is 0. The Morgan fingerprint density at radius 1 is 1.12 bits per heavy atom. The lowest BCUT2D eigenvalue weighted by atomic mass is 10.1. The van der Waals surface area contributed by atoms with Gasteiger partial charge >= 0.3 is 0 Å². The predicted octanol–water partition coefficient (Wildman–Crippen LogP) is -0.474. The fourth-order valence-electron chi connectivity index (χ4n) is 3.95. The highest BCUT2D eigenvalue weighted by molar-refractivity contribution is 7.89. The van der Waals surface area contributed by atoms with Crippen LogP contribution in [0.5, 0.6) is 0 Å². The normalized spacial score (nSPS) is 21.6. The van der Waals surface area contributed by atoms with Gasteiger partial charge in [-0.25, -0.2) is 22.8 Å². The summed E-state index contributed by atoms with van der Waals surface area (Å²) in [5.41, 5.74) is 0.144. The van der Waals surface area contributed by atoms with E-state index in [0.29, 0.717) is 19.4 Å². The fourth-order valence-corrected chi connectivity index (χ4v) is 5.39. The molecule has 2 N–H and O–H groups in total. The van der Waals surface area contributed by atoms with Crippen molar-refractivity contribution in [3.63, 3.8) is 0 Å². The number of benzene rings is 1. The Labute approximate surface area is 195 Å². The van der Waals surface area contributed by atoms with E-state index in [-0.39, 0.29) is 36.0 Å². The maximum Gasteiger partial charge on any atom is 0.257 e. The van der Waals surface area contributed by atoms with Gasteiger partial charge in [-0.05, 0) is 37.1 Å². The molecule has 11 nitrogen and oxygen atoms in total. The Balaban J connectivity index is 1.60. The van der Waals surface area contributed by atoms with Crippen molar-refractivity contribution in [1.82, 2.24) is 29.8 Å². The van der Waals surface area contributed by atoms with E-state index in [4.69, 9.17) is 0 Å². The molecule has 180 valence electrons. The molecule has 0 spiro atoms. The Morgan fingerprint density at radius 2 is 1.82 bits per heavy atom. The number of nitrogens with one attached hydrogen (secondary N) is 2. The number of piperidine rings is 1. The number of amides is 3. The van der Waals surface area contributed by atoms with Crippen molar-refractivity contribution in [3.8, 4) is 0 Å². The van der Waals surface area contributed by atoms with Crippen LogP contribution in [0, 0.1) is 5.82 Å². The molecular formula is C21H23FN6O5S. The van der Waals surface area contributed by atoms with Crippen LogP contribution in [0.4, 0.5) is 4.39 Å². The first-order valence-electron chi connectivity index (χ1n) is 10.7. The molecule has 2 fully saturated rings. The van der Waals surface area contributed by atoms with E-state index in [9.17, 15) is 27.2 Å². The summed E-state index contributed by atoms with van der Waals surface area (Å²) in [6.45, 7) is 0.0200. The van der Waals surface area contributed by atoms with Gasteiger partial charge in [-0.1, -0.05) is 0 Å². The van der Waals surface area contributed by atoms with Gasteiger partial charge in [-0.15, -0.1) is 0 Å². The first-order valence-corrected chi connectivity index (χ1v) is 12.1. The van der Waals surface area contributed by atoms with Gasteiger partial charge in [-0.2, -0.15) is 4.31 Å². The van der Waals surface area contributed by atoms with Gasteiger partial charge in [-0.3, -0.25) is 14.4 Å². The predicted molar refractivity (Wildman–Crippen MR) is 116 cm³/mol. The number of rotatable bonds is 5. The average molecular weight is 491 g/mol. The third-order valence-corrected chi connectivity index (χ3v) is 7.65. The van der Waals surface area contributed by atoms with Crippen LogP contribution in [-0.2, 0) is 19.6 Å². The second kappa shape index (κ2) is 9.81. The standard InChI is InChI=1S/C21H23FN6O5S/c22-15-3-5-16(6-4-15)34(32,33)27-8-9-28(21(31)14-10-23-13-24-11-14)18(12-27)20(30)26-17-2-1-7-25-19(17)29/h3-6,10-11,13,17-18H,1-2,7-9,12H2,(H,25,29)(H,26,30)/t17-,18-/m1/s1. The number of aromatic nitrogens is 2. The minimum absolute atomic E-state index is 0.0766. The molecule has 1 aromatic heterocycles. The number of halogens is 1. The average Bonchev–Trinajstić information content (AvgIpc) is 2.85. The Bertz CT molecular complexity index is 1180. The van der Waals surface area contributed by atoms with Gasteiger partial charge in [0.1, 0.15) is 24.2 Å². The molecule has 2 aliphatic heterocycles. The van der Waals surface area contributed by atoms with Gasteiger partial charge in [0.25, 0.3) is 5.91 Å². The molecule has 34 heavy (non-hydrogen) atoms. The maximum atomic E-state index is 13.3. The highest BCUT2D eigenvalue weighted by Gasteiger charge is 2.41. The molecule has 3 amide bonds. The number of carbonyl (C=O) groups is 3. The molecule has 4 rings (SSSR count). The molecular weight excluding hydrogens is 467 g/mol. The molecule has 0 radical (unpaired) electrons. The van der Waals surface area contributed by atoms with Gasteiger partial charge in [0, 0.05) is 38.6 Å². The van der Waals surface area contributed by atoms with Crippen molar-refractivity contribution in [1.29, 1.82) is 0 Å². The van der Waals surface area contributed by atoms with Crippen molar-refractivity contribution < 1.29 is 27.2 Å². The van der Waals surface area contributed by atoms with Crippen LogP contribution in [0.3, 0.4) is 0 Å². The highest BCUT2D eigenvalue weighted by atomic mass is 32.2. The molecule has 2 saturated heterocycles. The van der Waals surface area contributed by atoms with Crippen LogP contribution in [0.1, 0.15) is 23.2 Å². The van der Waals surface area contributed by atoms with Crippen molar-refractivity contribution in [2.45, 2.75) is 29.8 Å². The van der Waals surface area contributed by atoms with E-state index in [1.54, 1.807) is 0 Å². The summed E-state index contributed by atoms with van der Waals surface area (Å²) in [7, 11) is -4.06. The van der Waals surface area contributed by atoms with Crippen LogP contribution in [0.25, 0.3) is 0 Å². The Hall–Kier alpha value is -3.45. The van der Waals surface area contributed by atoms with Crippen molar-refractivity contribution in [2.24, 2.45) is 0 Å². The largest absolute Gasteiger partial charge is 0.354 e. The van der Waals surface area contributed by atoms with Crippen LogP contribution in [0.2, 0.25) is 0 Å². The van der Waals surface area contributed by atoms with Crippen LogP contribution < -0.4 is 10.6 Å². The first-order chi connectivity index (χ1) is 16.3. The second-order valence-electron chi connectivity index (χ2n) is 7.95. The van der Waals surface area contributed by atoms with E-state index in [1.807, 2.05) is 0 Å². The monoisotopic (exact) mass is 490 g/mol. The maximum absolute atomic E-state index is 13.3. The lowest BCUT2D eigenvalue weighted by molar-refractivity contribution is -0.133. The van der Waals surface area contributed by atoms with Gasteiger partial charge < -0.3 is 15.5 Å². The number of sulfonamides is 1. The quantitative estimate of drug-likeness (QED) is 0.577. The van der Waals surface area contributed by atoms with Crippen molar-refractivity contribution in [2.75, 3.05) is 26.2 Å². The van der Waals surface area contributed by atoms with E-state index >= 15 is 0 Å². The SMILES string of the molecule is O=C(N[C@@H]1CCCNC1=O)[C@H]1CN(S(=O)(=O)c2ccc(F)cc2)CCN1C(=O)c1cncnc1. The van der Waals surface area contributed by atoms with Gasteiger partial charge in [0.05, 0.1) is 10.5 Å². The minimum Gasteiger partial charge on any atom is -0.354 e. The zero-order chi connectivity index (χ0) is 24.3.